The van der Waals surface area contributed by atoms with Crippen molar-refractivity contribution < 1.29 is 14.2 Å². The monoisotopic (exact) mass is 337 g/mol. The van der Waals surface area contributed by atoms with Crippen molar-refractivity contribution in [3.8, 4) is 0 Å². The van der Waals surface area contributed by atoms with Gasteiger partial charge in [0.15, 0.2) is 11.6 Å². The summed E-state index contributed by atoms with van der Waals surface area (Å²) in [6.45, 7) is 3.40. The molecule has 2 aromatic heterocycles. The number of aliphatic hydroxyl groups excluding tert-OH is 1. The van der Waals surface area contributed by atoms with Gasteiger partial charge in [-0.15, -0.1) is 11.3 Å². The lowest BCUT2D eigenvalue weighted by atomic mass is 10.1. The third-order valence-corrected chi connectivity index (χ3v) is 5.02. The minimum absolute atomic E-state index is 0.116. The second-order valence-electron chi connectivity index (χ2n) is 5.50. The third-order valence-electron chi connectivity index (χ3n) is 4.04. The van der Waals surface area contributed by atoms with Crippen LogP contribution in [0.5, 0.6) is 0 Å². The number of nitrogens with zero attached hydrogens (tertiary/aromatic N) is 3. The van der Waals surface area contributed by atoms with Crippen molar-refractivity contribution >= 4 is 17.2 Å². The van der Waals surface area contributed by atoms with Gasteiger partial charge in [-0.2, -0.15) is 0 Å². The zero-order valence-electron chi connectivity index (χ0n) is 13.0. The first kappa shape index (κ1) is 16.3. The fourth-order valence-electron chi connectivity index (χ4n) is 2.83. The quantitative estimate of drug-likeness (QED) is 0.909. The fraction of sp³-hybridized carbons (Fsp3) is 0.500. The van der Waals surface area contributed by atoms with Gasteiger partial charge < -0.3 is 14.7 Å². The number of anilines is 1. The van der Waals surface area contributed by atoms with Gasteiger partial charge in [0.25, 0.3) is 0 Å². The Hall–Kier alpha value is -1.57. The van der Waals surface area contributed by atoms with Crippen LogP contribution in [0.15, 0.2) is 23.8 Å². The van der Waals surface area contributed by atoms with E-state index in [-0.39, 0.29) is 11.9 Å². The molecule has 0 bridgehead atoms. The van der Waals surface area contributed by atoms with Crippen LogP contribution in [0, 0.1) is 5.82 Å². The Balaban J connectivity index is 1.81. The predicted octanol–water partition coefficient (Wildman–Crippen LogP) is 2.57. The Morgan fingerprint density at radius 2 is 2.39 bits per heavy atom. The Bertz CT molecular complexity index is 638. The fourth-order valence-corrected chi connectivity index (χ4v) is 3.55. The number of hydrogen-bond donors (Lipinski definition) is 1. The van der Waals surface area contributed by atoms with E-state index in [1.807, 2.05) is 29.3 Å². The molecule has 0 radical (unpaired) electrons. The maximum atomic E-state index is 14.6. The molecule has 3 rings (SSSR count). The van der Waals surface area contributed by atoms with E-state index in [0.717, 1.165) is 4.88 Å². The Labute approximate surface area is 138 Å². The van der Waals surface area contributed by atoms with E-state index in [1.165, 1.54) is 17.7 Å². The van der Waals surface area contributed by atoms with Crippen LogP contribution in [-0.2, 0) is 11.2 Å². The van der Waals surface area contributed by atoms with Crippen molar-refractivity contribution in [3.63, 3.8) is 0 Å². The van der Waals surface area contributed by atoms with Crippen LogP contribution in [-0.4, -0.2) is 40.9 Å². The molecule has 5 nitrogen and oxygen atoms in total. The highest BCUT2D eigenvalue weighted by atomic mass is 32.1. The van der Waals surface area contributed by atoms with Gasteiger partial charge in [0.05, 0.1) is 31.1 Å². The van der Waals surface area contributed by atoms with Crippen LogP contribution >= 0.6 is 11.3 Å². The van der Waals surface area contributed by atoms with E-state index in [2.05, 4.69) is 9.97 Å². The first-order valence-electron chi connectivity index (χ1n) is 7.76. The molecule has 1 aliphatic rings. The molecule has 124 valence electrons. The van der Waals surface area contributed by atoms with Crippen molar-refractivity contribution in [2.45, 2.75) is 31.9 Å². The lowest BCUT2D eigenvalue weighted by molar-refractivity contribution is 0.0680. The minimum Gasteiger partial charge on any atom is -0.387 e. The zero-order valence-corrected chi connectivity index (χ0v) is 13.8. The number of halogens is 1. The molecule has 2 unspecified atom stereocenters. The van der Waals surface area contributed by atoms with Crippen molar-refractivity contribution in [3.05, 3.63) is 40.2 Å². The second-order valence-corrected chi connectivity index (χ2v) is 6.48. The van der Waals surface area contributed by atoms with E-state index in [9.17, 15) is 9.50 Å². The summed E-state index contributed by atoms with van der Waals surface area (Å²) in [5, 5.41) is 12.3. The molecule has 0 saturated carbocycles. The van der Waals surface area contributed by atoms with E-state index >= 15 is 0 Å². The number of aromatic nitrogens is 2. The molecule has 1 fully saturated rings. The third kappa shape index (κ3) is 3.52. The summed E-state index contributed by atoms with van der Waals surface area (Å²) in [7, 11) is 0. The number of thiophene rings is 1. The van der Waals surface area contributed by atoms with Crippen LogP contribution in [0.4, 0.5) is 10.2 Å². The zero-order chi connectivity index (χ0) is 16.2. The molecule has 0 spiro atoms. The number of hydrogen-bond acceptors (Lipinski definition) is 6. The maximum absolute atomic E-state index is 14.6. The number of rotatable bonds is 5. The van der Waals surface area contributed by atoms with Gasteiger partial charge in [-0.25, -0.2) is 14.4 Å². The highest BCUT2D eigenvalue weighted by molar-refractivity contribution is 7.10. The maximum Gasteiger partial charge on any atom is 0.187 e. The Morgan fingerprint density at radius 3 is 3.13 bits per heavy atom. The lowest BCUT2D eigenvalue weighted by Crippen LogP contribution is -2.47. The molecule has 3 heterocycles. The van der Waals surface area contributed by atoms with Crippen molar-refractivity contribution in [2.75, 3.05) is 24.7 Å². The molecular weight excluding hydrogens is 317 g/mol. The lowest BCUT2D eigenvalue weighted by Gasteiger charge is -2.37. The molecule has 23 heavy (non-hydrogen) atoms. The SMILES string of the molecule is CCc1ncnc(N2CCOCC2CC(O)c2cccs2)c1F. The smallest absolute Gasteiger partial charge is 0.187 e. The molecule has 0 aliphatic carbocycles. The minimum atomic E-state index is -0.584. The Kier molecular flexibility index (Phi) is 5.20. The summed E-state index contributed by atoms with van der Waals surface area (Å²) in [4.78, 5) is 10.9. The average Bonchev–Trinajstić information content (AvgIpc) is 3.10. The molecule has 1 N–H and O–H groups in total. The standard InChI is InChI=1S/C16H20FN3O2S/c1-2-12-15(17)16(19-10-18-12)20-5-6-22-9-11(20)8-13(21)14-4-3-7-23-14/h3-4,7,10-11,13,21H,2,5-6,8-9H2,1H3. The van der Waals surface area contributed by atoms with Crippen LogP contribution in [0.2, 0.25) is 0 Å². The molecule has 2 aromatic rings. The first-order chi connectivity index (χ1) is 11.2. The van der Waals surface area contributed by atoms with Gasteiger partial charge in [-0.05, 0) is 17.9 Å². The summed E-state index contributed by atoms with van der Waals surface area (Å²) in [6, 6.07) is 3.70. The largest absolute Gasteiger partial charge is 0.387 e. The van der Waals surface area contributed by atoms with Gasteiger partial charge in [0.2, 0.25) is 0 Å². The summed E-state index contributed by atoms with van der Waals surface area (Å²) < 4.78 is 20.1. The van der Waals surface area contributed by atoms with Gasteiger partial charge in [-0.1, -0.05) is 13.0 Å². The van der Waals surface area contributed by atoms with Crippen LogP contribution in [0.1, 0.15) is 30.0 Å². The van der Waals surface area contributed by atoms with Crippen LogP contribution in [0.25, 0.3) is 0 Å². The van der Waals surface area contributed by atoms with Crippen LogP contribution < -0.4 is 4.90 Å². The summed E-state index contributed by atoms with van der Waals surface area (Å²) in [5.74, 6) is -0.0592. The molecule has 1 aliphatic heterocycles. The Morgan fingerprint density at radius 1 is 1.52 bits per heavy atom. The van der Waals surface area contributed by atoms with E-state index in [0.29, 0.717) is 44.1 Å². The van der Waals surface area contributed by atoms with Gasteiger partial charge in [0, 0.05) is 17.8 Å². The summed E-state index contributed by atoms with van der Waals surface area (Å²) in [5.41, 5.74) is 0.416. The normalized spacial score (nSPS) is 19.8. The highest BCUT2D eigenvalue weighted by Crippen LogP contribution is 2.29. The molecular formula is C16H20FN3O2S. The highest BCUT2D eigenvalue weighted by Gasteiger charge is 2.29. The molecule has 7 heteroatoms. The summed E-state index contributed by atoms with van der Waals surface area (Å²) >= 11 is 1.52. The van der Waals surface area contributed by atoms with Crippen molar-refractivity contribution in [1.82, 2.24) is 9.97 Å². The van der Waals surface area contributed by atoms with E-state index in [1.54, 1.807) is 0 Å². The van der Waals surface area contributed by atoms with E-state index < -0.39 is 6.10 Å². The predicted molar refractivity (Wildman–Crippen MR) is 87.2 cm³/mol. The summed E-state index contributed by atoms with van der Waals surface area (Å²) in [6.07, 6.45) is 1.82. The second kappa shape index (κ2) is 7.33. The van der Waals surface area contributed by atoms with E-state index in [4.69, 9.17) is 4.74 Å². The van der Waals surface area contributed by atoms with Crippen molar-refractivity contribution in [2.24, 2.45) is 0 Å². The van der Waals surface area contributed by atoms with Crippen molar-refractivity contribution in [1.29, 1.82) is 0 Å². The number of aliphatic hydroxyl groups is 1. The topological polar surface area (TPSA) is 58.5 Å². The number of ether oxygens (including phenoxy) is 1. The average molecular weight is 337 g/mol. The molecule has 0 amide bonds. The van der Waals surface area contributed by atoms with Crippen LogP contribution in [0.3, 0.4) is 0 Å². The molecule has 0 aromatic carbocycles. The molecule has 2 atom stereocenters. The number of morpholine rings is 1. The number of aryl methyl sites for hydroxylation is 1. The first-order valence-corrected chi connectivity index (χ1v) is 8.64. The van der Waals surface area contributed by atoms with Gasteiger partial charge in [0.1, 0.15) is 6.33 Å². The molecule has 1 saturated heterocycles. The van der Waals surface area contributed by atoms with Gasteiger partial charge in [-0.3, -0.25) is 0 Å². The van der Waals surface area contributed by atoms with Gasteiger partial charge >= 0.3 is 0 Å².